The number of carbonyl (C=O) groups excluding carboxylic acids is 1. The fraction of sp³-hybridized carbons (Fsp3) is 0.467. The SMILES string of the molecule is CS(=O)(=O)CCC(N)C(=O)Nc1ccc2nc(C3CC3)sc2c1.Cl. The number of halogens is 1. The predicted octanol–water partition coefficient (Wildman–Crippen LogP) is 2.30. The third-order valence-corrected chi connectivity index (χ3v) is 5.89. The smallest absolute Gasteiger partial charge is 0.241 e. The first-order valence-electron chi connectivity index (χ1n) is 7.46. The van der Waals surface area contributed by atoms with Crippen LogP contribution in [0.4, 0.5) is 5.69 Å². The van der Waals surface area contributed by atoms with Crippen molar-refractivity contribution in [2.45, 2.75) is 31.2 Å². The normalized spacial score (nSPS) is 15.8. The maximum absolute atomic E-state index is 12.0. The summed E-state index contributed by atoms with van der Waals surface area (Å²) >= 11 is 1.66. The molecule has 1 fully saturated rings. The highest BCUT2D eigenvalue weighted by atomic mass is 35.5. The van der Waals surface area contributed by atoms with Crippen LogP contribution in [-0.2, 0) is 14.6 Å². The summed E-state index contributed by atoms with van der Waals surface area (Å²) < 4.78 is 23.3. The number of aromatic nitrogens is 1. The van der Waals surface area contributed by atoms with Gasteiger partial charge >= 0.3 is 0 Å². The van der Waals surface area contributed by atoms with Crippen LogP contribution < -0.4 is 11.1 Å². The molecule has 0 bridgehead atoms. The van der Waals surface area contributed by atoms with Crippen molar-refractivity contribution in [3.8, 4) is 0 Å². The molecule has 1 saturated carbocycles. The van der Waals surface area contributed by atoms with E-state index in [4.69, 9.17) is 5.73 Å². The second-order valence-electron chi connectivity index (χ2n) is 6.02. The van der Waals surface area contributed by atoms with Crippen LogP contribution in [0.2, 0.25) is 0 Å². The molecule has 2 aromatic rings. The lowest BCUT2D eigenvalue weighted by Gasteiger charge is -2.11. The Morgan fingerprint density at radius 1 is 1.46 bits per heavy atom. The van der Waals surface area contributed by atoms with E-state index in [0.717, 1.165) is 21.5 Å². The van der Waals surface area contributed by atoms with Crippen molar-refractivity contribution in [2.24, 2.45) is 5.73 Å². The maximum atomic E-state index is 12.0. The number of nitrogens with zero attached hydrogens (tertiary/aromatic N) is 1. The van der Waals surface area contributed by atoms with Gasteiger partial charge in [-0.25, -0.2) is 13.4 Å². The second-order valence-corrected chi connectivity index (χ2v) is 9.35. The van der Waals surface area contributed by atoms with Gasteiger partial charge in [0.1, 0.15) is 9.84 Å². The second kappa shape index (κ2) is 7.35. The van der Waals surface area contributed by atoms with Gasteiger partial charge in [-0.1, -0.05) is 0 Å². The molecule has 1 aliphatic carbocycles. The standard InChI is InChI=1S/C15H19N3O3S2.ClH/c1-23(20,21)7-6-11(16)14(19)17-10-4-5-12-13(8-10)22-15(18-12)9-2-3-9;/h4-5,8-9,11H,2-3,6-7,16H2,1H3,(H,17,19);1H. The molecule has 6 nitrogen and oxygen atoms in total. The van der Waals surface area contributed by atoms with E-state index in [-0.39, 0.29) is 30.5 Å². The molecule has 3 N–H and O–H groups in total. The van der Waals surface area contributed by atoms with Gasteiger partial charge in [0.05, 0.1) is 27.0 Å². The molecule has 0 aliphatic heterocycles. The van der Waals surface area contributed by atoms with Crippen molar-refractivity contribution in [1.82, 2.24) is 4.98 Å². The number of fused-ring (bicyclic) bond motifs is 1. The molecule has 24 heavy (non-hydrogen) atoms. The van der Waals surface area contributed by atoms with Crippen molar-refractivity contribution >= 4 is 55.4 Å². The molecule has 9 heteroatoms. The number of hydrogen-bond acceptors (Lipinski definition) is 6. The first kappa shape index (κ1) is 19.1. The van der Waals surface area contributed by atoms with Crippen molar-refractivity contribution < 1.29 is 13.2 Å². The van der Waals surface area contributed by atoms with Crippen molar-refractivity contribution in [2.75, 3.05) is 17.3 Å². The molecule has 3 rings (SSSR count). The number of amides is 1. The number of carbonyl (C=O) groups is 1. The summed E-state index contributed by atoms with van der Waals surface area (Å²) in [5, 5.41) is 3.90. The maximum Gasteiger partial charge on any atom is 0.241 e. The van der Waals surface area contributed by atoms with Gasteiger partial charge in [0, 0.05) is 17.9 Å². The topological polar surface area (TPSA) is 102 Å². The fourth-order valence-corrected chi connectivity index (χ4v) is 4.09. The molecule has 1 aromatic carbocycles. The Morgan fingerprint density at radius 2 is 2.17 bits per heavy atom. The molecule has 132 valence electrons. The van der Waals surface area contributed by atoms with Crippen LogP contribution in [0, 0.1) is 0 Å². The molecule has 1 aliphatic rings. The Hall–Kier alpha value is -1.22. The number of nitrogens with two attached hydrogens (primary N) is 1. The summed E-state index contributed by atoms with van der Waals surface area (Å²) in [5.74, 6) is 0.134. The molecular weight excluding hydrogens is 370 g/mol. The average Bonchev–Trinajstić information content (AvgIpc) is 3.24. The van der Waals surface area contributed by atoms with E-state index in [9.17, 15) is 13.2 Å². The van der Waals surface area contributed by atoms with Gasteiger partial charge in [-0.15, -0.1) is 23.7 Å². The molecule has 1 heterocycles. The minimum Gasteiger partial charge on any atom is -0.325 e. The number of sulfone groups is 1. The van der Waals surface area contributed by atoms with E-state index in [0.29, 0.717) is 11.6 Å². The van der Waals surface area contributed by atoms with Crippen molar-refractivity contribution in [3.05, 3.63) is 23.2 Å². The summed E-state index contributed by atoms with van der Waals surface area (Å²) in [6.07, 6.45) is 3.66. The van der Waals surface area contributed by atoms with Gasteiger partial charge < -0.3 is 11.1 Å². The van der Waals surface area contributed by atoms with Crippen LogP contribution in [0.15, 0.2) is 18.2 Å². The average molecular weight is 390 g/mol. The van der Waals surface area contributed by atoms with Crippen molar-refractivity contribution in [3.63, 3.8) is 0 Å². The molecule has 0 saturated heterocycles. The number of rotatable bonds is 6. The van der Waals surface area contributed by atoms with Crippen LogP contribution >= 0.6 is 23.7 Å². The summed E-state index contributed by atoms with van der Waals surface area (Å²) in [7, 11) is -3.12. The number of thiazole rings is 1. The summed E-state index contributed by atoms with van der Waals surface area (Å²) in [6, 6.07) is 4.72. The van der Waals surface area contributed by atoms with E-state index in [1.807, 2.05) is 12.1 Å². The molecule has 1 aromatic heterocycles. The van der Waals surface area contributed by atoms with Crippen LogP contribution in [0.5, 0.6) is 0 Å². The van der Waals surface area contributed by atoms with E-state index in [2.05, 4.69) is 10.3 Å². The fourth-order valence-electron chi connectivity index (χ4n) is 2.23. The Morgan fingerprint density at radius 3 is 2.79 bits per heavy atom. The minimum absolute atomic E-state index is 0. The summed E-state index contributed by atoms with van der Waals surface area (Å²) in [6.45, 7) is 0. The first-order chi connectivity index (χ1) is 10.8. The zero-order valence-electron chi connectivity index (χ0n) is 13.2. The van der Waals surface area contributed by atoms with Gasteiger partial charge in [0.2, 0.25) is 5.91 Å². The van der Waals surface area contributed by atoms with Crippen LogP contribution in [0.3, 0.4) is 0 Å². The Labute approximate surface area is 151 Å². The van der Waals surface area contributed by atoms with Crippen molar-refractivity contribution in [1.29, 1.82) is 0 Å². The third kappa shape index (κ3) is 4.89. The Kier molecular flexibility index (Phi) is 5.85. The van der Waals surface area contributed by atoms with Gasteiger partial charge in [0.15, 0.2) is 0 Å². The van der Waals surface area contributed by atoms with Gasteiger partial charge in [-0.2, -0.15) is 0 Å². The third-order valence-electron chi connectivity index (χ3n) is 3.74. The molecule has 1 atom stereocenters. The number of nitrogens with one attached hydrogen (secondary N) is 1. The van der Waals surface area contributed by atoms with Crippen LogP contribution in [0.1, 0.15) is 30.2 Å². The zero-order chi connectivity index (χ0) is 16.6. The summed E-state index contributed by atoms with van der Waals surface area (Å²) in [5.41, 5.74) is 7.35. The van der Waals surface area contributed by atoms with E-state index in [1.54, 1.807) is 17.4 Å². The molecule has 0 radical (unpaired) electrons. The van der Waals surface area contributed by atoms with Crippen LogP contribution in [-0.4, -0.2) is 37.4 Å². The van der Waals surface area contributed by atoms with Gasteiger partial charge in [0.25, 0.3) is 0 Å². The number of anilines is 1. The highest BCUT2D eigenvalue weighted by Gasteiger charge is 2.27. The molecule has 0 spiro atoms. The largest absolute Gasteiger partial charge is 0.325 e. The zero-order valence-corrected chi connectivity index (χ0v) is 15.6. The predicted molar refractivity (Wildman–Crippen MR) is 99.8 cm³/mol. The lowest BCUT2D eigenvalue weighted by atomic mass is 10.2. The molecule has 1 amide bonds. The Bertz CT molecular complexity index is 847. The lowest BCUT2D eigenvalue weighted by molar-refractivity contribution is -0.117. The molecule has 1 unspecified atom stereocenters. The quantitative estimate of drug-likeness (QED) is 0.789. The van der Waals surface area contributed by atoms with Gasteiger partial charge in [-0.3, -0.25) is 4.79 Å². The minimum atomic E-state index is -3.12. The number of hydrogen-bond donors (Lipinski definition) is 2. The first-order valence-corrected chi connectivity index (χ1v) is 10.3. The monoisotopic (exact) mass is 389 g/mol. The lowest BCUT2D eigenvalue weighted by Crippen LogP contribution is -2.37. The number of benzene rings is 1. The molecular formula is C15H20ClN3O3S2. The van der Waals surface area contributed by atoms with Crippen LogP contribution in [0.25, 0.3) is 10.2 Å². The Balaban J connectivity index is 0.00000208. The highest BCUT2D eigenvalue weighted by Crippen LogP contribution is 2.43. The summed E-state index contributed by atoms with van der Waals surface area (Å²) in [4.78, 5) is 16.6. The van der Waals surface area contributed by atoms with E-state index < -0.39 is 15.9 Å². The van der Waals surface area contributed by atoms with E-state index in [1.165, 1.54) is 12.8 Å². The van der Waals surface area contributed by atoms with E-state index >= 15 is 0 Å². The highest BCUT2D eigenvalue weighted by molar-refractivity contribution is 7.90. The van der Waals surface area contributed by atoms with Gasteiger partial charge in [-0.05, 0) is 37.5 Å².